The summed E-state index contributed by atoms with van der Waals surface area (Å²) in [5, 5.41) is 0.914. The molecule has 126 valence electrons. The molecule has 0 aliphatic rings. The Morgan fingerprint density at radius 2 is 1.87 bits per heavy atom. The summed E-state index contributed by atoms with van der Waals surface area (Å²) < 4.78 is 5.14. The summed E-state index contributed by atoms with van der Waals surface area (Å²) in [5.41, 5.74) is 11.9. The zero-order valence-electron chi connectivity index (χ0n) is 14.0. The quantitative estimate of drug-likeness (QED) is 0.559. The van der Waals surface area contributed by atoms with Gasteiger partial charge in [0.2, 0.25) is 0 Å². The molecule has 1 aromatic carbocycles. The van der Waals surface area contributed by atoms with Gasteiger partial charge in [0.15, 0.2) is 5.15 Å². The molecule has 1 amide bonds. The molecule has 0 bridgehead atoms. The number of nitrogens with one attached hydrogen (secondary N) is 2. The highest BCUT2D eigenvalue weighted by molar-refractivity contribution is 6.33. The lowest BCUT2D eigenvalue weighted by Gasteiger charge is -2.20. The van der Waals surface area contributed by atoms with Crippen molar-refractivity contribution < 1.29 is 9.53 Å². The third-order valence-corrected chi connectivity index (χ3v) is 2.86. The molecule has 2 aromatic rings. The van der Waals surface area contributed by atoms with Gasteiger partial charge < -0.3 is 10.5 Å². The number of halogens is 1. The van der Waals surface area contributed by atoms with Crippen LogP contribution in [0, 0.1) is 0 Å². The monoisotopic (exact) mass is 338 g/mol. The minimum atomic E-state index is -0.612. The van der Waals surface area contributed by atoms with E-state index in [-0.39, 0.29) is 10.8 Å². The van der Waals surface area contributed by atoms with E-state index in [1.54, 1.807) is 26.8 Å². The summed E-state index contributed by atoms with van der Waals surface area (Å²) in [6.45, 7) is 9.33. The van der Waals surface area contributed by atoms with E-state index in [4.69, 9.17) is 22.1 Å². The minimum absolute atomic E-state index is 0.169. The Morgan fingerprint density at radius 1 is 1.26 bits per heavy atom. The van der Waals surface area contributed by atoms with Crippen molar-refractivity contribution in [1.29, 1.82) is 0 Å². The maximum absolute atomic E-state index is 11.7. The van der Waals surface area contributed by atoms with E-state index < -0.39 is 11.7 Å². The first-order valence-corrected chi connectivity index (χ1v) is 7.74. The smallest absolute Gasteiger partial charge is 0.426 e. The van der Waals surface area contributed by atoms with Crippen LogP contribution < -0.4 is 16.6 Å². The number of hydrogen-bond acceptors (Lipinski definition) is 5. The Labute approximate surface area is 141 Å². The molecule has 1 heterocycles. The third kappa shape index (κ3) is 5.17. The van der Waals surface area contributed by atoms with Gasteiger partial charge in [0.25, 0.3) is 0 Å². The molecule has 0 saturated heterocycles. The highest BCUT2D eigenvalue weighted by atomic mass is 35.5. The molecule has 0 radical (unpaired) electrons. The molecule has 0 atom stereocenters. The summed E-state index contributed by atoms with van der Waals surface area (Å²) in [5.74, 6) is 0. The van der Waals surface area contributed by atoms with Crippen molar-refractivity contribution in [2.45, 2.75) is 40.2 Å². The number of aromatic nitrogens is 1. The number of nitrogens with two attached hydrogens (primary N) is 1. The summed E-state index contributed by atoms with van der Waals surface area (Å²) in [6, 6.07) is 7.32. The molecule has 4 N–H and O–H groups in total. The maximum Gasteiger partial charge on any atom is 0.426 e. The van der Waals surface area contributed by atoms with E-state index >= 15 is 0 Å². The van der Waals surface area contributed by atoms with Crippen LogP contribution in [0.1, 0.15) is 34.6 Å². The average molecular weight is 339 g/mol. The lowest BCUT2D eigenvalue weighted by atomic mass is 10.2. The SMILES string of the molecule is CC.CC(C)(C)OC(=O)NNc1c(N)c(Cl)nc2ccccc12. The van der Waals surface area contributed by atoms with Gasteiger partial charge >= 0.3 is 6.09 Å². The van der Waals surface area contributed by atoms with Crippen molar-refractivity contribution in [3.8, 4) is 0 Å². The molecule has 2 rings (SSSR count). The Kier molecular flexibility index (Phi) is 6.45. The number of nitrogen functional groups attached to an aromatic ring is 1. The van der Waals surface area contributed by atoms with Crippen molar-refractivity contribution in [1.82, 2.24) is 10.4 Å². The fourth-order valence-corrected chi connectivity index (χ4v) is 1.93. The van der Waals surface area contributed by atoms with Crippen LogP contribution in [0.5, 0.6) is 0 Å². The number of fused-ring (bicyclic) bond motifs is 1. The van der Waals surface area contributed by atoms with Crippen molar-refractivity contribution in [2.24, 2.45) is 0 Å². The van der Waals surface area contributed by atoms with Gasteiger partial charge in [-0.05, 0) is 26.8 Å². The highest BCUT2D eigenvalue weighted by Gasteiger charge is 2.17. The van der Waals surface area contributed by atoms with Crippen LogP contribution in [0.3, 0.4) is 0 Å². The van der Waals surface area contributed by atoms with Gasteiger partial charge in [-0.25, -0.2) is 15.2 Å². The fraction of sp³-hybridized carbons (Fsp3) is 0.375. The number of hydrogen-bond donors (Lipinski definition) is 3. The number of pyridine rings is 1. The fourth-order valence-electron chi connectivity index (χ4n) is 1.75. The Balaban J connectivity index is 0.00000127. The molecule has 0 fully saturated rings. The average Bonchev–Trinajstić information content (AvgIpc) is 2.48. The third-order valence-electron chi connectivity index (χ3n) is 2.57. The van der Waals surface area contributed by atoms with Gasteiger partial charge in [-0.1, -0.05) is 43.6 Å². The van der Waals surface area contributed by atoms with Gasteiger partial charge in [0.05, 0.1) is 16.9 Å². The second-order valence-electron chi connectivity index (χ2n) is 5.46. The predicted octanol–water partition coefficient (Wildman–Crippen LogP) is 4.35. The first kappa shape index (κ1) is 18.8. The Bertz CT molecular complexity index is 684. The Hall–Kier alpha value is -2.21. The number of rotatable bonds is 2. The predicted molar refractivity (Wildman–Crippen MR) is 95.5 cm³/mol. The zero-order valence-corrected chi connectivity index (χ0v) is 14.8. The number of carbonyl (C=O) groups excluding carboxylic acids is 1. The minimum Gasteiger partial charge on any atom is -0.443 e. The number of amides is 1. The topological polar surface area (TPSA) is 89.3 Å². The van der Waals surface area contributed by atoms with Crippen LogP contribution in [-0.4, -0.2) is 16.7 Å². The number of benzene rings is 1. The number of carbonyl (C=O) groups is 1. The maximum atomic E-state index is 11.7. The van der Waals surface area contributed by atoms with E-state index in [0.717, 1.165) is 5.39 Å². The molecule has 1 aromatic heterocycles. The van der Waals surface area contributed by atoms with Crippen LogP contribution >= 0.6 is 11.6 Å². The van der Waals surface area contributed by atoms with E-state index in [1.165, 1.54) is 0 Å². The van der Waals surface area contributed by atoms with E-state index in [9.17, 15) is 4.79 Å². The van der Waals surface area contributed by atoms with Gasteiger partial charge in [0, 0.05) is 5.39 Å². The summed E-state index contributed by atoms with van der Waals surface area (Å²) in [7, 11) is 0. The van der Waals surface area contributed by atoms with E-state index in [1.807, 2.05) is 32.0 Å². The molecule has 6 nitrogen and oxygen atoms in total. The standard InChI is InChI=1S/C14H17ClN4O2.C2H6/c1-14(2,3)21-13(20)19-18-11-8-6-4-5-7-9(8)17-12(15)10(11)16;1-2/h4-7H,16H2,1-3H3,(H,17,18)(H,19,20);1-2H3. The molecule has 0 unspecified atom stereocenters. The van der Waals surface area contributed by atoms with Crippen LogP contribution in [-0.2, 0) is 4.74 Å². The van der Waals surface area contributed by atoms with Crippen LogP contribution in [0.15, 0.2) is 24.3 Å². The van der Waals surface area contributed by atoms with Crippen molar-refractivity contribution in [3.63, 3.8) is 0 Å². The molecule has 0 spiro atoms. The van der Waals surface area contributed by atoms with Gasteiger partial charge in [-0.2, -0.15) is 0 Å². The van der Waals surface area contributed by atoms with Crippen LogP contribution in [0.25, 0.3) is 10.9 Å². The molecule has 0 aliphatic carbocycles. The molecule has 0 aliphatic heterocycles. The molecule has 23 heavy (non-hydrogen) atoms. The van der Waals surface area contributed by atoms with Crippen molar-refractivity contribution in [3.05, 3.63) is 29.4 Å². The summed E-state index contributed by atoms with van der Waals surface area (Å²) in [6.07, 6.45) is -0.612. The second kappa shape index (κ2) is 7.87. The first-order chi connectivity index (χ1) is 10.8. The zero-order chi connectivity index (χ0) is 17.6. The Morgan fingerprint density at radius 3 is 2.48 bits per heavy atom. The lowest BCUT2D eigenvalue weighted by Crippen LogP contribution is -2.36. The molecular weight excluding hydrogens is 316 g/mol. The summed E-state index contributed by atoms with van der Waals surface area (Å²) >= 11 is 5.99. The number of hydrazine groups is 1. The summed E-state index contributed by atoms with van der Waals surface area (Å²) in [4.78, 5) is 15.9. The second-order valence-corrected chi connectivity index (χ2v) is 5.82. The normalized spacial score (nSPS) is 10.5. The van der Waals surface area contributed by atoms with Crippen molar-refractivity contribution >= 4 is 40.0 Å². The molecular formula is C16H23ClN4O2. The largest absolute Gasteiger partial charge is 0.443 e. The number of ether oxygens (including phenoxy) is 1. The highest BCUT2D eigenvalue weighted by Crippen LogP contribution is 2.32. The van der Waals surface area contributed by atoms with Gasteiger partial charge in [-0.3, -0.25) is 5.43 Å². The lowest BCUT2D eigenvalue weighted by molar-refractivity contribution is 0.0541. The molecule has 7 heteroatoms. The van der Waals surface area contributed by atoms with E-state index in [0.29, 0.717) is 11.2 Å². The molecule has 0 saturated carbocycles. The van der Waals surface area contributed by atoms with Gasteiger partial charge in [-0.15, -0.1) is 0 Å². The number of anilines is 2. The number of nitrogens with zero attached hydrogens (tertiary/aromatic N) is 1. The van der Waals surface area contributed by atoms with E-state index in [2.05, 4.69) is 15.8 Å². The van der Waals surface area contributed by atoms with Crippen LogP contribution in [0.2, 0.25) is 5.15 Å². The van der Waals surface area contributed by atoms with Gasteiger partial charge in [0.1, 0.15) is 5.60 Å². The van der Waals surface area contributed by atoms with Crippen LogP contribution in [0.4, 0.5) is 16.2 Å². The first-order valence-electron chi connectivity index (χ1n) is 7.36. The number of para-hydroxylation sites is 1. The van der Waals surface area contributed by atoms with Crippen molar-refractivity contribution in [2.75, 3.05) is 11.2 Å².